The van der Waals surface area contributed by atoms with E-state index in [2.05, 4.69) is 4.90 Å². The fraction of sp³-hybridized carbons (Fsp3) is 0.333. The van der Waals surface area contributed by atoms with Crippen molar-refractivity contribution in [3.63, 3.8) is 0 Å². The van der Waals surface area contributed by atoms with Crippen molar-refractivity contribution in [1.29, 1.82) is 0 Å². The Hall–Kier alpha value is -4.08. The lowest BCUT2D eigenvalue weighted by Gasteiger charge is -2.35. The van der Waals surface area contributed by atoms with E-state index < -0.39 is 5.69 Å². The molecule has 176 valence electrons. The highest BCUT2D eigenvalue weighted by Crippen LogP contribution is 2.23. The van der Waals surface area contributed by atoms with Crippen molar-refractivity contribution in [2.45, 2.75) is 13.5 Å². The summed E-state index contributed by atoms with van der Waals surface area (Å²) in [5.74, 6) is 0.784. The fourth-order valence-corrected chi connectivity index (χ4v) is 4.37. The Morgan fingerprint density at radius 3 is 2.35 bits per heavy atom. The van der Waals surface area contributed by atoms with Crippen molar-refractivity contribution in [3.8, 4) is 0 Å². The van der Waals surface area contributed by atoms with Gasteiger partial charge in [-0.25, -0.2) is 4.79 Å². The summed E-state index contributed by atoms with van der Waals surface area (Å²) in [6, 6.07) is 11.5. The van der Waals surface area contributed by atoms with Crippen molar-refractivity contribution >= 4 is 23.0 Å². The van der Waals surface area contributed by atoms with Gasteiger partial charge in [-0.3, -0.25) is 23.3 Å². The number of hydrogen-bond acceptors (Lipinski definition) is 6. The Morgan fingerprint density at radius 2 is 1.71 bits per heavy atom. The third kappa shape index (κ3) is 3.60. The fourth-order valence-electron chi connectivity index (χ4n) is 4.37. The molecule has 0 radical (unpaired) electrons. The summed E-state index contributed by atoms with van der Waals surface area (Å²) in [5.41, 5.74) is 2.11. The molecule has 5 rings (SSSR count). The van der Waals surface area contributed by atoms with Gasteiger partial charge in [-0.2, -0.15) is 4.98 Å². The smallest absolute Gasteiger partial charge is 0.332 e. The first-order valence-corrected chi connectivity index (χ1v) is 11.1. The van der Waals surface area contributed by atoms with Crippen molar-refractivity contribution in [2.24, 2.45) is 14.1 Å². The maximum atomic E-state index is 13.1. The zero-order chi connectivity index (χ0) is 24.0. The lowest BCUT2D eigenvalue weighted by Crippen LogP contribution is -2.49. The van der Waals surface area contributed by atoms with Crippen molar-refractivity contribution < 1.29 is 9.21 Å². The Morgan fingerprint density at radius 1 is 1.00 bits per heavy atom. The lowest BCUT2D eigenvalue weighted by atomic mass is 10.1. The largest absolute Gasteiger partial charge is 0.459 e. The normalized spacial score (nSPS) is 14.2. The highest BCUT2D eigenvalue weighted by molar-refractivity contribution is 5.91. The number of carbonyl (C=O) groups is 1. The molecule has 4 aromatic rings. The monoisotopic (exact) mass is 462 g/mol. The van der Waals surface area contributed by atoms with Gasteiger partial charge in [0.25, 0.3) is 11.5 Å². The van der Waals surface area contributed by atoms with Gasteiger partial charge in [0, 0.05) is 40.3 Å². The summed E-state index contributed by atoms with van der Waals surface area (Å²) in [7, 11) is 3.10. The van der Waals surface area contributed by atoms with E-state index in [1.807, 2.05) is 35.8 Å². The molecule has 3 aromatic heterocycles. The third-order valence-electron chi connectivity index (χ3n) is 6.37. The minimum Gasteiger partial charge on any atom is -0.459 e. The number of aromatic nitrogens is 4. The molecule has 0 N–H and O–H groups in total. The van der Waals surface area contributed by atoms with Crippen LogP contribution in [0.25, 0.3) is 11.2 Å². The molecule has 0 spiro atoms. The van der Waals surface area contributed by atoms with Gasteiger partial charge < -0.3 is 14.2 Å². The molecule has 10 heteroatoms. The minimum absolute atomic E-state index is 0.144. The van der Waals surface area contributed by atoms with E-state index in [1.54, 1.807) is 24.1 Å². The van der Waals surface area contributed by atoms with Crippen LogP contribution in [0.1, 0.15) is 21.7 Å². The predicted octanol–water partition coefficient (Wildman–Crippen LogP) is 1.35. The van der Waals surface area contributed by atoms with Gasteiger partial charge in [-0.05, 0) is 24.6 Å². The zero-order valence-corrected chi connectivity index (χ0v) is 19.4. The molecule has 4 heterocycles. The van der Waals surface area contributed by atoms with Crippen LogP contribution < -0.4 is 16.1 Å². The summed E-state index contributed by atoms with van der Waals surface area (Å²) in [6.45, 7) is 4.52. The molecule has 0 saturated carbocycles. The molecule has 0 aliphatic carbocycles. The molecule has 1 fully saturated rings. The number of furan rings is 1. The molecule has 0 bridgehead atoms. The van der Waals surface area contributed by atoms with Gasteiger partial charge >= 0.3 is 5.69 Å². The molecule has 1 aliphatic rings. The Kier molecular flexibility index (Phi) is 5.35. The van der Waals surface area contributed by atoms with Crippen molar-refractivity contribution in [1.82, 2.24) is 23.6 Å². The summed E-state index contributed by atoms with van der Waals surface area (Å²) >= 11 is 0. The number of anilines is 1. The number of benzene rings is 1. The first-order valence-electron chi connectivity index (χ1n) is 11.1. The van der Waals surface area contributed by atoms with E-state index in [1.165, 1.54) is 17.9 Å². The van der Waals surface area contributed by atoms with Crippen LogP contribution in [0.5, 0.6) is 0 Å². The van der Waals surface area contributed by atoms with Crippen LogP contribution in [0.15, 0.2) is 56.7 Å². The number of rotatable bonds is 4. The number of amides is 1. The lowest BCUT2D eigenvalue weighted by molar-refractivity contribution is 0.0714. The molecular formula is C24H26N6O4. The van der Waals surface area contributed by atoms with E-state index in [0.29, 0.717) is 55.6 Å². The molecule has 1 aromatic carbocycles. The van der Waals surface area contributed by atoms with Crippen LogP contribution >= 0.6 is 0 Å². The predicted molar refractivity (Wildman–Crippen MR) is 127 cm³/mol. The first-order chi connectivity index (χ1) is 16.3. The molecule has 0 atom stereocenters. The Labute approximate surface area is 195 Å². The second-order valence-corrected chi connectivity index (χ2v) is 8.62. The van der Waals surface area contributed by atoms with Crippen LogP contribution in [0.4, 0.5) is 5.95 Å². The van der Waals surface area contributed by atoms with Crippen LogP contribution in [0.3, 0.4) is 0 Å². The number of carbonyl (C=O) groups excluding carboxylic acids is 1. The summed E-state index contributed by atoms with van der Waals surface area (Å²) in [5, 5.41) is 0. The van der Waals surface area contributed by atoms with Gasteiger partial charge in [0.15, 0.2) is 16.9 Å². The van der Waals surface area contributed by atoms with E-state index in [4.69, 9.17) is 9.40 Å². The van der Waals surface area contributed by atoms with Gasteiger partial charge in [0.2, 0.25) is 5.95 Å². The molecule has 10 nitrogen and oxygen atoms in total. The van der Waals surface area contributed by atoms with E-state index in [0.717, 1.165) is 15.7 Å². The van der Waals surface area contributed by atoms with Gasteiger partial charge in [-0.1, -0.05) is 29.8 Å². The number of fused-ring (bicyclic) bond motifs is 1. The van der Waals surface area contributed by atoms with Crippen LogP contribution in [0.2, 0.25) is 0 Å². The summed E-state index contributed by atoms with van der Waals surface area (Å²) in [6.07, 6.45) is 1.49. The maximum Gasteiger partial charge on any atom is 0.332 e. The molecule has 1 amide bonds. The van der Waals surface area contributed by atoms with Crippen LogP contribution in [-0.2, 0) is 20.6 Å². The number of hydrogen-bond donors (Lipinski definition) is 0. The van der Waals surface area contributed by atoms with Crippen molar-refractivity contribution in [3.05, 3.63) is 80.4 Å². The minimum atomic E-state index is -0.419. The molecule has 34 heavy (non-hydrogen) atoms. The van der Waals surface area contributed by atoms with E-state index in [-0.39, 0.29) is 11.5 Å². The molecule has 0 unspecified atom stereocenters. The summed E-state index contributed by atoms with van der Waals surface area (Å²) in [4.78, 5) is 46.9. The highest BCUT2D eigenvalue weighted by Gasteiger charge is 2.28. The molecule has 1 saturated heterocycles. The third-order valence-corrected chi connectivity index (χ3v) is 6.37. The number of imidazole rings is 1. The summed E-state index contributed by atoms with van der Waals surface area (Å²) < 4.78 is 9.65. The van der Waals surface area contributed by atoms with Crippen molar-refractivity contribution in [2.75, 3.05) is 31.1 Å². The number of nitrogens with zero attached hydrogens (tertiary/aromatic N) is 6. The first kappa shape index (κ1) is 21.7. The van der Waals surface area contributed by atoms with E-state index >= 15 is 0 Å². The maximum absolute atomic E-state index is 13.1. The quantitative estimate of drug-likeness (QED) is 0.454. The van der Waals surface area contributed by atoms with Gasteiger partial charge in [0.05, 0.1) is 12.8 Å². The van der Waals surface area contributed by atoms with Crippen LogP contribution in [0, 0.1) is 6.92 Å². The zero-order valence-electron chi connectivity index (χ0n) is 19.4. The highest BCUT2D eigenvalue weighted by atomic mass is 16.3. The van der Waals surface area contributed by atoms with Crippen LogP contribution in [-0.4, -0.2) is 55.7 Å². The average molecular weight is 463 g/mol. The molecule has 1 aliphatic heterocycles. The van der Waals surface area contributed by atoms with Gasteiger partial charge in [-0.15, -0.1) is 0 Å². The number of aryl methyl sites for hydroxylation is 2. The SMILES string of the molecule is Cc1ccc(Cn2c(N3CCN(C(=O)c4ccco4)CC3)nc3c2c(=O)n(C)c(=O)n3C)cc1. The Bertz CT molecular complexity index is 1470. The molecular weight excluding hydrogens is 436 g/mol. The topological polar surface area (TPSA) is 98.5 Å². The second-order valence-electron chi connectivity index (χ2n) is 8.62. The van der Waals surface area contributed by atoms with E-state index in [9.17, 15) is 14.4 Å². The average Bonchev–Trinajstić information content (AvgIpc) is 3.51. The Balaban J connectivity index is 1.54. The van der Waals surface area contributed by atoms with Gasteiger partial charge in [0.1, 0.15) is 0 Å². The second kappa shape index (κ2) is 8.36. The number of piperazine rings is 1. The standard InChI is InChI=1S/C24H26N6O4/c1-16-6-8-17(9-7-16)15-30-19-20(26(2)24(33)27(3)22(19)32)25-23(30)29-12-10-28(11-13-29)21(31)18-5-4-14-34-18/h4-9,14H,10-13,15H2,1-3H3.